The van der Waals surface area contributed by atoms with Crippen molar-refractivity contribution in [3.63, 3.8) is 0 Å². The van der Waals surface area contributed by atoms with Crippen molar-refractivity contribution >= 4 is 11.3 Å². The molecule has 1 aliphatic rings. The van der Waals surface area contributed by atoms with Crippen molar-refractivity contribution in [1.82, 2.24) is 9.38 Å². The van der Waals surface area contributed by atoms with Crippen LogP contribution in [0.2, 0.25) is 0 Å². The minimum absolute atomic E-state index is 0.0724. The first-order valence-electron chi connectivity index (χ1n) is 7.68. The predicted octanol–water partition coefficient (Wildman–Crippen LogP) is 1.79. The molecule has 0 amide bonds. The van der Waals surface area contributed by atoms with E-state index in [-0.39, 0.29) is 18.1 Å². The molecule has 1 atom stereocenters. The van der Waals surface area contributed by atoms with Gasteiger partial charge in [-0.2, -0.15) is 0 Å². The standard InChI is InChI=1S/C18H17N3O2/c22-12-13-10-20(16-6-2-1-5-15(13)16)11-14-9-18(23)21-8-4-3-7-17(21)19-14/h1-9,13,22H,10-12H2. The first-order valence-corrected chi connectivity index (χ1v) is 7.68. The monoisotopic (exact) mass is 307 g/mol. The zero-order valence-corrected chi connectivity index (χ0v) is 12.6. The quantitative estimate of drug-likeness (QED) is 0.801. The molecule has 3 aromatic rings. The molecule has 4 rings (SSSR count). The van der Waals surface area contributed by atoms with Crippen molar-refractivity contribution < 1.29 is 5.11 Å². The minimum atomic E-state index is -0.0724. The van der Waals surface area contributed by atoms with Crippen LogP contribution in [0.15, 0.2) is 59.5 Å². The van der Waals surface area contributed by atoms with Crippen molar-refractivity contribution in [2.24, 2.45) is 0 Å². The van der Waals surface area contributed by atoms with Gasteiger partial charge in [-0.05, 0) is 23.8 Å². The number of aliphatic hydroxyl groups excluding tert-OH is 1. The highest BCUT2D eigenvalue weighted by Gasteiger charge is 2.27. The molecule has 5 nitrogen and oxygen atoms in total. The van der Waals surface area contributed by atoms with Crippen LogP contribution in [0.1, 0.15) is 17.2 Å². The largest absolute Gasteiger partial charge is 0.396 e. The van der Waals surface area contributed by atoms with Gasteiger partial charge in [0.25, 0.3) is 5.56 Å². The molecule has 3 heterocycles. The average Bonchev–Trinajstić information content (AvgIpc) is 2.93. The maximum atomic E-state index is 12.2. The maximum absolute atomic E-state index is 12.2. The van der Waals surface area contributed by atoms with Gasteiger partial charge in [0, 0.05) is 30.4 Å². The van der Waals surface area contributed by atoms with Crippen LogP contribution in [-0.4, -0.2) is 27.6 Å². The summed E-state index contributed by atoms with van der Waals surface area (Å²) in [6.45, 7) is 1.43. The lowest BCUT2D eigenvalue weighted by Crippen LogP contribution is -2.25. The lowest BCUT2D eigenvalue weighted by Gasteiger charge is -2.19. The summed E-state index contributed by atoms with van der Waals surface area (Å²) in [6.07, 6.45) is 1.72. The Morgan fingerprint density at radius 1 is 1.17 bits per heavy atom. The number of para-hydroxylation sites is 1. The van der Waals surface area contributed by atoms with E-state index in [1.807, 2.05) is 30.3 Å². The van der Waals surface area contributed by atoms with E-state index in [1.165, 1.54) is 4.40 Å². The number of hydrogen-bond acceptors (Lipinski definition) is 4. The Labute approximate surface area is 133 Å². The SMILES string of the molecule is O=c1cc(CN2CC(CO)c3ccccc32)nc2ccccn12. The van der Waals surface area contributed by atoms with E-state index in [1.54, 1.807) is 12.3 Å². The third kappa shape index (κ3) is 2.39. The number of nitrogens with zero attached hydrogens (tertiary/aromatic N) is 3. The fraction of sp³-hybridized carbons (Fsp3) is 0.222. The number of aromatic nitrogens is 2. The summed E-state index contributed by atoms with van der Waals surface area (Å²) in [5, 5.41) is 9.59. The van der Waals surface area contributed by atoms with Crippen molar-refractivity contribution in [3.05, 3.63) is 76.3 Å². The molecule has 0 aliphatic carbocycles. The fourth-order valence-electron chi connectivity index (χ4n) is 3.27. The Balaban J connectivity index is 1.70. The van der Waals surface area contributed by atoms with E-state index in [0.29, 0.717) is 12.2 Å². The number of fused-ring (bicyclic) bond motifs is 2. The highest BCUT2D eigenvalue weighted by Crippen LogP contribution is 2.36. The second-order valence-corrected chi connectivity index (χ2v) is 5.83. The third-order valence-corrected chi connectivity index (χ3v) is 4.36. The van der Waals surface area contributed by atoms with Crippen molar-refractivity contribution in [2.45, 2.75) is 12.5 Å². The van der Waals surface area contributed by atoms with Crippen molar-refractivity contribution in [1.29, 1.82) is 0 Å². The lowest BCUT2D eigenvalue weighted by molar-refractivity contribution is 0.270. The van der Waals surface area contributed by atoms with E-state index in [2.05, 4.69) is 22.0 Å². The highest BCUT2D eigenvalue weighted by molar-refractivity contribution is 5.60. The summed E-state index contributed by atoms with van der Waals surface area (Å²) >= 11 is 0. The van der Waals surface area contributed by atoms with Gasteiger partial charge in [-0.25, -0.2) is 4.98 Å². The van der Waals surface area contributed by atoms with Crippen molar-refractivity contribution in [3.8, 4) is 0 Å². The molecule has 1 N–H and O–H groups in total. The molecule has 0 bridgehead atoms. The van der Waals surface area contributed by atoms with Gasteiger partial charge in [0.05, 0.1) is 18.8 Å². The summed E-state index contributed by atoms with van der Waals surface area (Å²) in [5.41, 5.74) is 3.60. The van der Waals surface area contributed by atoms with Gasteiger partial charge in [-0.15, -0.1) is 0 Å². The molecule has 1 aromatic carbocycles. The first kappa shape index (κ1) is 14.0. The number of aliphatic hydroxyl groups is 1. The zero-order chi connectivity index (χ0) is 15.8. The van der Waals surface area contributed by atoms with Crippen LogP contribution in [0.5, 0.6) is 0 Å². The summed E-state index contributed by atoms with van der Waals surface area (Å²) in [4.78, 5) is 19.0. The lowest BCUT2D eigenvalue weighted by atomic mass is 10.0. The van der Waals surface area contributed by atoms with Gasteiger partial charge in [0.15, 0.2) is 0 Å². The van der Waals surface area contributed by atoms with E-state index in [4.69, 9.17) is 0 Å². The van der Waals surface area contributed by atoms with E-state index in [0.717, 1.165) is 23.5 Å². The average molecular weight is 307 g/mol. The summed E-state index contributed by atoms with van der Waals surface area (Å²) < 4.78 is 1.54. The Morgan fingerprint density at radius 2 is 2.00 bits per heavy atom. The van der Waals surface area contributed by atoms with Gasteiger partial charge in [0.2, 0.25) is 0 Å². The topological polar surface area (TPSA) is 57.8 Å². The van der Waals surface area contributed by atoms with E-state index >= 15 is 0 Å². The van der Waals surface area contributed by atoms with Crippen LogP contribution in [0.4, 0.5) is 5.69 Å². The molecule has 0 spiro atoms. The van der Waals surface area contributed by atoms with E-state index in [9.17, 15) is 9.90 Å². The minimum Gasteiger partial charge on any atom is -0.396 e. The highest BCUT2D eigenvalue weighted by atomic mass is 16.3. The molecule has 0 saturated carbocycles. The molecule has 23 heavy (non-hydrogen) atoms. The predicted molar refractivity (Wildman–Crippen MR) is 88.8 cm³/mol. The van der Waals surface area contributed by atoms with Gasteiger partial charge in [-0.1, -0.05) is 24.3 Å². The van der Waals surface area contributed by atoms with Crippen LogP contribution >= 0.6 is 0 Å². The second kappa shape index (κ2) is 5.52. The maximum Gasteiger partial charge on any atom is 0.258 e. The molecule has 0 saturated heterocycles. The Hall–Kier alpha value is -2.66. The third-order valence-electron chi connectivity index (χ3n) is 4.36. The van der Waals surface area contributed by atoms with Crippen LogP contribution in [0.3, 0.4) is 0 Å². The van der Waals surface area contributed by atoms with Gasteiger partial charge >= 0.3 is 0 Å². The summed E-state index contributed by atoms with van der Waals surface area (Å²) in [6, 6.07) is 15.2. The van der Waals surface area contributed by atoms with Crippen molar-refractivity contribution in [2.75, 3.05) is 18.1 Å². The molecule has 0 fully saturated rings. The van der Waals surface area contributed by atoms with Gasteiger partial charge in [-0.3, -0.25) is 9.20 Å². The zero-order valence-electron chi connectivity index (χ0n) is 12.6. The van der Waals surface area contributed by atoms with Gasteiger partial charge < -0.3 is 10.0 Å². The fourth-order valence-corrected chi connectivity index (χ4v) is 3.27. The molecule has 2 aromatic heterocycles. The van der Waals surface area contributed by atoms with Crippen LogP contribution < -0.4 is 10.5 Å². The van der Waals surface area contributed by atoms with Crippen LogP contribution in [0.25, 0.3) is 5.65 Å². The number of hydrogen-bond donors (Lipinski definition) is 1. The first-order chi connectivity index (χ1) is 11.3. The van der Waals surface area contributed by atoms with Gasteiger partial charge in [0.1, 0.15) is 5.65 Å². The Morgan fingerprint density at radius 3 is 2.87 bits per heavy atom. The molecular formula is C18H17N3O2. The van der Waals surface area contributed by atoms with Crippen LogP contribution in [0, 0.1) is 0 Å². The normalized spacial score (nSPS) is 16.7. The van der Waals surface area contributed by atoms with Crippen LogP contribution in [-0.2, 0) is 6.54 Å². The second-order valence-electron chi connectivity index (χ2n) is 5.83. The molecular weight excluding hydrogens is 290 g/mol. The molecule has 116 valence electrons. The van der Waals surface area contributed by atoms with E-state index < -0.39 is 0 Å². The molecule has 5 heteroatoms. The number of benzene rings is 1. The molecule has 0 radical (unpaired) electrons. The smallest absolute Gasteiger partial charge is 0.258 e. The molecule has 1 unspecified atom stereocenters. The number of anilines is 1. The molecule has 1 aliphatic heterocycles. The number of pyridine rings is 1. The Bertz CT molecular complexity index is 919. The summed E-state index contributed by atoms with van der Waals surface area (Å²) in [5.74, 6) is 0.118. The number of rotatable bonds is 3. The summed E-state index contributed by atoms with van der Waals surface area (Å²) in [7, 11) is 0. The Kier molecular flexibility index (Phi) is 3.35.